The van der Waals surface area contributed by atoms with Gasteiger partial charge in [-0.3, -0.25) is 4.79 Å². The highest BCUT2D eigenvalue weighted by Crippen LogP contribution is 2.32. The standard InChI is InChI=1S/C18H21FN2OS/c1-13-17(23-12-20-13)8-9-18(22)21-10-3-2-7-16(21)14-5-4-6-15(19)11-14/h4-6,11-12,16H,2-3,7-10H2,1H3. The van der Waals surface area contributed by atoms with Crippen LogP contribution in [0.3, 0.4) is 0 Å². The number of carbonyl (C=O) groups is 1. The molecule has 0 saturated carbocycles. The maximum Gasteiger partial charge on any atom is 0.223 e. The zero-order valence-electron chi connectivity index (χ0n) is 13.3. The van der Waals surface area contributed by atoms with Gasteiger partial charge in [-0.1, -0.05) is 12.1 Å². The second kappa shape index (κ2) is 7.21. The van der Waals surface area contributed by atoms with Gasteiger partial charge in [-0.15, -0.1) is 11.3 Å². The number of hydrogen-bond donors (Lipinski definition) is 0. The van der Waals surface area contributed by atoms with Gasteiger partial charge in [0.25, 0.3) is 0 Å². The largest absolute Gasteiger partial charge is 0.336 e. The molecule has 1 atom stereocenters. The predicted molar refractivity (Wildman–Crippen MR) is 89.9 cm³/mol. The first-order valence-corrected chi connectivity index (χ1v) is 8.97. The Bertz CT molecular complexity index is 685. The Kier molecular flexibility index (Phi) is 5.06. The first-order chi connectivity index (χ1) is 11.1. The maximum atomic E-state index is 13.5. The van der Waals surface area contributed by atoms with Crippen molar-refractivity contribution in [2.75, 3.05) is 6.54 Å². The van der Waals surface area contributed by atoms with E-state index in [4.69, 9.17) is 0 Å². The van der Waals surface area contributed by atoms with Gasteiger partial charge in [0.1, 0.15) is 5.82 Å². The van der Waals surface area contributed by atoms with E-state index in [-0.39, 0.29) is 17.8 Å². The van der Waals surface area contributed by atoms with Crippen LogP contribution in [0.2, 0.25) is 0 Å². The molecule has 2 heterocycles. The summed E-state index contributed by atoms with van der Waals surface area (Å²) in [6, 6.07) is 6.67. The lowest BCUT2D eigenvalue weighted by atomic mass is 9.94. The molecule has 1 amide bonds. The van der Waals surface area contributed by atoms with Crippen LogP contribution < -0.4 is 0 Å². The van der Waals surface area contributed by atoms with Gasteiger partial charge >= 0.3 is 0 Å². The molecule has 0 bridgehead atoms. The number of benzene rings is 1. The highest BCUT2D eigenvalue weighted by Gasteiger charge is 2.28. The Morgan fingerprint density at radius 1 is 1.43 bits per heavy atom. The zero-order valence-corrected chi connectivity index (χ0v) is 14.1. The monoisotopic (exact) mass is 332 g/mol. The van der Waals surface area contributed by atoms with Crippen LogP contribution in [-0.2, 0) is 11.2 Å². The van der Waals surface area contributed by atoms with Crippen molar-refractivity contribution < 1.29 is 9.18 Å². The summed E-state index contributed by atoms with van der Waals surface area (Å²) in [4.78, 5) is 20.0. The normalized spacial score (nSPS) is 18.2. The summed E-state index contributed by atoms with van der Waals surface area (Å²) in [6.45, 7) is 2.74. The van der Waals surface area contributed by atoms with Gasteiger partial charge in [0, 0.05) is 17.8 Å². The number of rotatable bonds is 4. The molecule has 0 radical (unpaired) electrons. The molecule has 0 N–H and O–H groups in total. The Morgan fingerprint density at radius 2 is 2.30 bits per heavy atom. The fraction of sp³-hybridized carbons (Fsp3) is 0.444. The van der Waals surface area contributed by atoms with Crippen molar-refractivity contribution in [3.8, 4) is 0 Å². The summed E-state index contributed by atoms with van der Waals surface area (Å²) in [5, 5.41) is 0. The van der Waals surface area contributed by atoms with Crippen LogP contribution in [0.1, 0.15) is 47.9 Å². The highest BCUT2D eigenvalue weighted by molar-refractivity contribution is 7.09. The Hall–Kier alpha value is -1.75. The summed E-state index contributed by atoms with van der Waals surface area (Å²) >= 11 is 1.61. The van der Waals surface area contributed by atoms with Crippen molar-refractivity contribution in [2.45, 2.75) is 45.1 Å². The van der Waals surface area contributed by atoms with E-state index in [2.05, 4.69) is 4.98 Å². The fourth-order valence-electron chi connectivity index (χ4n) is 3.22. The molecule has 2 aromatic rings. The predicted octanol–water partition coefficient (Wildman–Crippen LogP) is 4.28. The molecule has 0 aliphatic carbocycles. The van der Waals surface area contributed by atoms with Gasteiger partial charge in [0.05, 0.1) is 17.2 Å². The summed E-state index contributed by atoms with van der Waals surface area (Å²) in [5.74, 6) is -0.0764. The molecule has 23 heavy (non-hydrogen) atoms. The SMILES string of the molecule is Cc1ncsc1CCC(=O)N1CCCCC1c1cccc(F)c1. The molecule has 122 valence electrons. The van der Waals surface area contributed by atoms with Crippen LogP contribution in [-0.4, -0.2) is 22.3 Å². The van der Waals surface area contributed by atoms with E-state index >= 15 is 0 Å². The number of likely N-dealkylation sites (tertiary alicyclic amines) is 1. The second-order valence-electron chi connectivity index (χ2n) is 6.01. The number of aryl methyl sites for hydroxylation is 2. The molecular formula is C18H21FN2OS. The number of halogens is 1. The van der Waals surface area contributed by atoms with E-state index in [1.54, 1.807) is 23.5 Å². The Labute approximate surface area is 140 Å². The molecule has 0 spiro atoms. The van der Waals surface area contributed by atoms with E-state index in [9.17, 15) is 9.18 Å². The molecule has 1 aliphatic rings. The zero-order chi connectivity index (χ0) is 16.2. The van der Waals surface area contributed by atoms with Gasteiger partial charge in [-0.25, -0.2) is 9.37 Å². The summed E-state index contributed by atoms with van der Waals surface area (Å²) in [6.07, 6.45) is 4.25. The molecule has 3 nitrogen and oxygen atoms in total. The minimum Gasteiger partial charge on any atom is -0.336 e. The van der Waals surface area contributed by atoms with E-state index in [1.165, 1.54) is 10.9 Å². The van der Waals surface area contributed by atoms with Gasteiger partial charge in [0.15, 0.2) is 0 Å². The van der Waals surface area contributed by atoms with Crippen molar-refractivity contribution in [1.82, 2.24) is 9.88 Å². The van der Waals surface area contributed by atoms with Gasteiger partial charge in [0.2, 0.25) is 5.91 Å². The topological polar surface area (TPSA) is 33.2 Å². The van der Waals surface area contributed by atoms with Crippen LogP contribution in [0.15, 0.2) is 29.8 Å². The van der Waals surface area contributed by atoms with Crippen LogP contribution in [0, 0.1) is 12.7 Å². The smallest absolute Gasteiger partial charge is 0.223 e. The minimum absolute atomic E-state index is 0.00880. The third kappa shape index (κ3) is 3.78. The van der Waals surface area contributed by atoms with Gasteiger partial charge in [-0.05, 0) is 50.3 Å². The molecule has 3 rings (SSSR count). The first kappa shape index (κ1) is 16.1. The number of nitrogens with zero attached hydrogens (tertiary/aromatic N) is 2. The molecular weight excluding hydrogens is 311 g/mol. The summed E-state index contributed by atoms with van der Waals surface area (Å²) in [5.41, 5.74) is 3.75. The number of aromatic nitrogens is 1. The number of amides is 1. The van der Waals surface area contributed by atoms with Crippen molar-refractivity contribution >= 4 is 17.2 Å². The molecule has 1 aromatic heterocycles. The van der Waals surface area contributed by atoms with Crippen LogP contribution in [0.25, 0.3) is 0 Å². The average molecular weight is 332 g/mol. The molecule has 1 aromatic carbocycles. The molecule has 5 heteroatoms. The van der Waals surface area contributed by atoms with Crippen molar-refractivity contribution in [1.29, 1.82) is 0 Å². The minimum atomic E-state index is -0.235. The maximum absolute atomic E-state index is 13.5. The lowest BCUT2D eigenvalue weighted by Gasteiger charge is -2.36. The fourth-order valence-corrected chi connectivity index (χ4v) is 4.00. The highest BCUT2D eigenvalue weighted by atomic mass is 32.1. The van der Waals surface area contributed by atoms with E-state index < -0.39 is 0 Å². The molecule has 1 fully saturated rings. The Morgan fingerprint density at radius 3 is 3.04 bits per heavy atom. The first-order valence-electron chi connectivity index (χ1n) is 8.09. The van der Waals surface area contributed by atoms with Gasteiger partial charge in [-0.2, -0.15) is 0 Å². The number of piperidine rings is 1. The lowest BCUT2D eigenvalue weighted by Crippen LogP contribution is -2.38. The average Bonchev–Trinajstić information content (AvgIpc) is 2.98. The second-order valence-corrected chi connectivity index (χ2v) is 6.95. The molecule has 1 aliphatic heterocycles. The third-order valence-electron chi connectivity index (χ3n) is 4.47. The number of hydrogen-bond acceptors (Lipinski definition) is 3. The van der Waals surface area contributed by atoms with Gasteiger partial charge < -0.3 is 4.90 Å². The third-order valence-corrected chi connectivity index (χ3v) is 5.46. The molecule has 1 unspecified atom stereocenters. The Balaban J connectivity index is 1.70. The summed E-state index contributed by atoms with van der Waals surface area (Å²) < 4.78 is 13.5. The number of carbonyl (C=O) groups excluding carboxylic acids is 1. The van der Waals surface area contributed by atoms with E-state index in [0.717, 1.165) is 43.5 Å². The van der Waals surface area contributed by atoms with Crippen molar-refractivity contribution in [3.63, 3.8) is 0 Å². The van der Waals surface area contributed by atoms with Crippen molar-refractivity contribution in [2.24, 2.45) is 0 Å². The van der Waals surface area contributed by atoms with E-state index in [0.29, 0.717) is 6.42 Å². The lowest BCUT2D eigenvalue weighted by molar-refractivity contribution is -0.135. The number of thiazole rings is 1. The summed E-state index contributed by atoms with van der Waals surface area (Å²) in [7, 11) is 0. The quantitative estimate of drug-likeness (QED) is 0.837. The van der Waals surface area contributed by atoms with Crippen LogP contribution in [0.4, 0.5) is 4.39 Å². The van der Waals surface area contributed by atoms with Crippen LogP contribution in [0.5, 0.6) is 0 Å². The van der Waals surface area contributed by atoms with E-state index in [1.807, 2.05) is 23.4 Å². The van der Waals surface area contributed by atoms with Crippen LogP contribution >= 0.6 is 11.3 Å². The molecule has 1 saturated heterocycles. The van der Waals surface area contributed by atoms with Crippen molar-refractivity contribution in [3.05, 3.63) is 51.7 Å².